The number of aliphatic hydroxyl groups excluding tert-OH is 1. The summed E-state index contributed by atoms with van der Waals surface area (Å²) < 4.78 is 30.1. The molecule has 0 fully saturated rings. The second kappa shape index (κ2) is 9.32. The van der Waals surface area contributed by atoms with Crippen LogP contribution in [0.4, 0.5) is 4.39 Å². The molecule has 3 aromatic carbocycles. The first-order valence-electron chi connectivity index (χ1n) is 8.93. The molecule has 0 aliphatic carbocycles. The number of carbonyl (C=O) groups excluding carboxylic acids is 1. The zero-order valence-electron chi connectivity index (χ0n) is 16.1. The molecule has 29 heavy (non-hydrogen) atoms. The summed E-state index contributed by atoms with van der Waals surface area (Å²) in [6.45, 7) is 0.186. The topological polar surface area (TPSA) is 65.0 Å². The average molecular weight is 396 g/mol. The summed E-state index contributed by atoms with van der Waals surface area (Å²) >= 11 is 0. The van der Waals surface area contributed by atoms with Gasteiger partial charge in [0.2, 0.25) is 0 Å². The summed E-state index contributed by atoms with van der Waals surface area (Å²) in [6, 6.07) is 18.4. The number of aliphatic hydroxyl groups is 1. The van der Waals surface area contributed by atoms with E-state index in [0.717, 1.165) is 5.56 Å². The molecule has 0 bridgehead atoms. The maximum absolute atomic E-state index is 14.6. The standard InChI is InChI=1S/C23H21FO5/c1-27-21-13-20(24)18(16-8-10-17(11-9-16)22(25)28-2)12-19(21)23(26)29-14-15-6-4-3-5-7-15/h3-13,23,26H,14H2,1-2H3. The van der Waals surface area contributed by atoms with Gasteiger partial charge in [-0.1, -0.05) is 42.5 Å². The van der Waals surface area contributed by atoms with Crippen molar-refractivity contribution in [3.63, 3.8) is 0 Å². The Balaban J connectivity index is 1.88. The van der Waals surface area contributed by atoms with Gasteiger partial charge in [0.1, 0.15) is 11.6 Å². The predicted octanol–water partition coefficient (Wildman–Crippen LogP) is 4.50. The fourth-order valence-corrected chi connectivity index (χ4v) is 2.91. The highest BCUT2D eigenvalue weighted by Crippen LogP contribution is 2.34. The number of methoxy groups -OCH3 is 2. The molecule has 1 N–H and O–H groups in total. The number of rotatable bonds is 7. The van der Waals surface area contributed by atoms with Crippen LogP contribution in [0, 0.1) is 5.82 Å². The molecule has 0 saturated heterocycles. The molecule has 0 amide bonds. The van der Waals surface area contributed by atoms with Crippen molar-refractivity contribution >= 4 is 5.97 Å². The minimum atomic E-state index is -1.31. The Morgan fingerprint density at radius 3 is 2.34 bits per heavy atom. The number of halogens is 1. The van der Waals surface area contributed by atoms with Crippen LogP contribution in [0.2, 0.25) is 0 Å². The second-order valence-electron chi connectivity index (χ2n) is 6.29. The van der Waals surface area contributed by atoms with Gasteiger partial charge in [0.15, 0.2) is 6.29 Å². The minimum Gasteiger partial charge on any atom is -0.496 e. The normalized spacial score (nSPS) is 11.7. The molecule has 6 heteroatoms. The first kappa shape index (κ1) is 20.5. The van der Waals surface area contributed by atoms with Crippen LogP contribution >= 0.6 is 0 Å². The predicted molar refractivity (Wildman–Crippen MR) is 106 cm³/mol. The number of benzene rings is 3. The first-order chi connectivity index (χ1) is 14.0. The van der Waals surface area contributed by atoms with E-state index in [1.807, 2.05) is 30.3 Å². The van der Waals surface area contributed by atoms with Gasteiger partial charge in [-0.2, -0.15) is 0 Å². The van der Waals surface area contributed by atoms with E-state index in [4.69, 9.17) is 9.47 Å². The summed E-state index contributed by atoms with van der Waals surface area (Å²) in [6.07, 6.45) is -1.31. The van der Waals surface area contributed by atoms with E-state index in [-0.39, 0.29) is 17.9 Å². The molecule has 1 atom stereocenters. The lowest BCUT2D eigenvalue weighted by atomic mass is 10.00. The monoisotopic (exact) mass is 396 g/mol. The maximum atomic E-state index is 14.6. The van der Waals surface area contributed by atoms with Gasteiger partial charge in [-0.15, -0.1) is 0 Å². The fraction of sp³-hybridized carbons (Fsp3) is 0.174. The highest BCUT2D eigenvalue weighted by atomic mass is 19.1. The average Bonchev–Trinajstić information content (AvgIpc) is 2.77. The van der Waals surface area contributed by atoms with Crippen molar-refractivity contribution in [2.75, 3.05) is 14.2 Å². The molecule has 150 valence electrons. The lowest BCUT2D eigenvalue weighted by Crippen LogP contribution is -2.07. The van der Waals surface area contributed by atoms with Crippen LogP contribution < -0.4 is 4.74 Å². The number of ether oxygens (including phenoxy) is 3. The zero-order chi connectivity index (χ0) is 20.8. The minimum absolute atomic E-state index is 0.179. The largest absolute Gasteiger partial charge is 0.496 e. The molecule has 0 aliphatic rings. The highest BCUT2D eigenvalue weighted by molar-refractivity contribution is 5.90. The lowest BCUT2D eigenvalue weighted by Gasteiger charge is -2.18. The summed E-state index contributed by atoms with van der Waals surface area (Å²) in [5, 5.41) is 10.5. The molecule has 0 aromatic heterocycles. The molecule has 3 rings (SSSR count). The Hall–Kier alpha value is -3.22. The molecular formula is C23H21FO5. The molecule has 0 radical (unpaired) electrons. The van der Waals surface area contributed by atoms with Crippen LogP contribution in [-0.4, -0.2) is 25.3 Å². The smallest absolute Gasteiger partial charge is 0.337 e. The van der Waals surface area contributed by atoms with Gasteiger partial charge in [0, 0.05) is 11.6 Å². The Morgan fingerprint density at radius 1 is 1.03 bits per heavy atom. The molecule has 0 aliphatic heterocycles. The van der Waals surface area contributed by atoms with Crippen molar-refractivity contribution in [1.29, 1.82) is 0 Å². The van der Waals surface area contributed by atoms with Crippen molar-refractivity contribution in [2.45, 2.75) is 12.9 Å². The third kappa shape index (κ3) is 4.80. The van der Waals surface area contributed by atoms with Gasteiger partial charge in [0.05, 0.1) is 32.0 Å². The van der Waals surface area contributed by atoms with Crippen LogP contribution in [0.15, 0.2) is 66.7 Å². The number of carbonyl (C=O) groups is 1. The molecule has 5 nitrogen and oxygen atoms in total. The van der Waals surface area contributed by atoms with Crippen LogP contribution in [0.25, 0.3) is 11.1 Å². The van der Waals surface area contributed by atoms with Gasteiger partial charge in [0.25, 0.3) is 0 Å². The van der Waals surface area contributed by atoms with Gasteiger partial charge in [-0.05, 0) is 29.3 Å². The summed E-state index contributed by atoms with van der Waals surface area (Å²) in [4.78, 5) is 11.6. The molecule has 3 aromatic rings. The van der Waals surface area contributed by atoms with Crippen LogP contribution in [0.3, 0.4) is 0 Å². The van der Waals surface area contributed by atoms with Gasteiger partial charge in [-0.25, -0.2) is 9.18 Å². The Morgan fingerprint density at radius 2 is 1.72 bits per heavy atom. The second-order valence-corrected chi connectivity index (χ2v) is 6.29. The van der Waals surface area contributed by atoms with E-state index < -0.39 is 18.1 Å². The third-order valence-corrected chi connectivity index (χ3v) is 4.45. The van der Waals surface area contributed by atoms with Crippen LogP contribution in [-0.2, 0) is 16.1 Å². The quantitative estimate of drug-likeness (QED) is 0.471. The molecule has 1 unspecified atom stereocenters. The SMILES string of the molecule is COC(=O)c1ccc(-c2cc(C(O)OCc3ccccc3)c(OC)cc2F)cc1. The fourth-order valence-electron chi connectivity index (χ4n) is 2.91. The third-order valence-electron chi connectivity index (χ3n) is 4.45. The summed E-state index contributed by atoms with van der Waals surface area (Å²) in [7, 11) is 2.69. The maximum Gasteiger partial charge on any atom is 0.337 e. The number of hydrogen-bond acceptors (Lipinski definition) is 5. The van der Waals surface area contributed by atoms with E-state index in [2.05, 4.69) is 4.74 Å². The van der Waals surface area contributed by atoms with Crippen molar-refractivity contribution < 1.29 is 28.5 Å². The van der Waals surface area contributed by atoms with E-state index >= 15 is 0 Å². The zero-order valence-corrected chi connectivity index (χ0v) is 16.1. The summed E-state index contributed by atoms with van der Waals surface area (Å²) in [5.74, 6) is -0.818. The van der Waals surface area contributed by atoms with E-state index in [1.54, 1.807) is 24.3 Å². The van der Waals surface area contributed by atoms with Crippen LogP contribution in [0.1, 0.15) is 27.8 Å². The molecule has 0 spiro atoms. The highest BCUT2D eigenvalue weighted by Gasteiger charge is 2.19. The van der Waals surface area contributed by atoms with Gasteiger partial charge >= 0.3 is 5.97 Å². The van der Waals surface area contributed by atoms with Crippen molar-refractivity contribution in [3.8, 4) is 16.9 Å². The van der Waals surface area contributed by atoms with E-state index in [0.29, 0.717) is 16.7 Å². The van der Waals surface area contributed by atoms with Crippen molar-refractivity contribution in [3.05, 3.63) is 89.2 Å². The number of hydrogen-bond donors (Lipinski definition) is 1. The van der Waals surface area contributed by atoms with Crippen LogP contribution in [0.5, 0.6) is 5.75 Å². The van der Waals surface area contributed by atoms with Gasteiger partial charge < -0.3 is 19.3 Å². The molecule has 0 heterocycles. The molecular weight excluding hydrogens is 375 g/mol. The first-order valence-corrected chi connectivity index (χ1v) is 8.93. The lowest BCUT2D eigenvalue weighted by molar-refractivity contribution is -0.112. The Kier molecular flexibility index (Phi) is 6.59. The Bertz CT molecular complexity index is 971. The number of esters is 1. The van der Waals surface area contributed by atoms with Gasteiger partial charge in [-0.3, -0.25) is 0 Å². The van der Waals surface area contributed by atoms with E-state index in [9.17, 15) is 14.3 Å². The molecule has 0 saturated carbocycles. The summed E-state index contributed by atoms with van der Waals surface area (Å²) in [5.41, 5.74) is 2.34. The van der Waals surface area contributed by atoms with Crippen molar-refractivity contribution in [1.82, 2.24) is 0 Å². The van der Waals surface area contributed by atoms with Crippen molar-refractivity contribution in [2.24, 2.45) is 0 Å². The van der Waals surface area contributed by atoms with E-state index in [1.165, 1.54) is 26.4 Å². The Labute approximate surface area is 168 Å².